The molecule has 0 unspecified atom stereocenters. The van der Waals surface area contributed by atoms with Gasteiger partial charge < -0.3 is 14.2 Å². The Morgan fingerprint density at radius 1 is 0.955 bits per heavy atom. The molecular formula is C17H25BFNO2. The lowest BCUT2D eigenvalue weighted by Crippen LogP contribution is -2.41. The molecule has 3 nitrogen and oxygen atoms in total. The van der Waals surface area contributed by atoms with Gasteiger partial charge in [-0.1, -0.05) is 0 Å². The van der Waals surface area contributed by atoms with Crippen molar-refractivity contribution in [3.8, 4) is 0 Å². The van der Waals surface area contributed by atoms with Gasteiger partial charge in [0.1, 0.15) is 5.82 Å². The van der Waals surface area contributed by atoms with Crippen LogP contribution in [0.25, 0.3) is 0 Å². The van der Waals surface area contributed by atoms with E-state index in [9.17, 15) is 4.39 Å². The van der Waals surface area contributed by atoms with Gasteiger partial charge in [-0.05, 0) is 70.6 Å². The third-order valence-electron chi connectivity index (χ3n) is 5.15. The molecule has 1 aromatic rings. The predicted molar refractivity (Wildman–Crippen MR) is 88.2 cm³/mol. The van der Waals surface area contributed by atoms with Crippen LogP contribution in [0.2, 0.25) is 0 Å². The molecular weight excluding hydrogens is 280 g/mol. The molecule has 2 fully saturated rings. The van der Waals surface area contributed by atoms with E-state index in [1.165, 1.54) is 25.3 Å². The van der Waals surface area contributed by atoms with E-state index >= 15 is 0 Å². The van der Waals surface area contributed by atoms with Crippen molar-refractivity contribution in [3.05, 3.63) is 24.0 Å². The summed E-state index contributed by atoms with van der Waals surface area (Å²) < 4.78 is 26.2. The van der Waals surface area contributed by atoms with E-state index < -0.39 is 18.3 Å². The van der Waals surface area contributed by atoms with Crippen molar-refractivity contribution in [1.29, 1.82) is 0 Å². The van der Waals surface area contributed by atoms with Crippen LogP contribution in [0, 0.1) is 5.82 Å². The summed E-state index contributed by atoms with van der Waals surface area (Å²) in [6.45, 7) is 10.0. The molecule has 3 rings (SSSR count). The van der Waals surface area contributed by atoms with Crippen LogP contribution in [0.5, 0.6) is 0 Å². The SMILES string of the molecule is CC1(C)OB(c2cc(F)cc(N3CCCCC3)c2)OC1(C)C. The maximum Gasteiger partial charge on any atom is 0.495 e. The number of rotatable bonds is 2. The molecule has 22 heavy (non-hydrogen) atoms. The predicted octanol–water partition coefficient (Wildman–Crippen LogP) is 3.12. The first kappa shape index (κ1) is 15.8. The van der Waals surface area contributed by atoms with Gasteiger partial charge in [0.25, 0.3) is 0 Å². The van der Waals surface area contributed by atoms with Crippen molar-refractivity contribution in [3.63, 3.8) is 0 Å². The highest BCUT2D eigenvalue weighted by Gasteiger charge is 2.51. The highest BCUT2D eigenvalue weighted by atomic mass is 19.1. The van der Waals surface area contributed by atoms with Crippen LogP contribution in [0.15, 0.2) is 18.2 Å². The second kappa shape index (κ2) is 5.53. The third-order valence-corrected chi connectivity index (χ3v) is 5.15. The average molecular weight is 305 g/mol. The smallest absolute Gasteiger partial charge is 0.399 e. The van der Waals surface area contributed by atoms with Crippen molar-refractivity contribution in [1.82, 2.24) is 0 Å². The first-order chi connectivity index (χ1) is 10.3. The van der Waals surface area contributed by atoms with Crippen LogP contribution < -0.4 is 10.4 Å². The number of benzene rings is 1. The van der Waals surface area contributed by atoms with E-state index in [0.717, 1.165) is 24.2 Å². The van der Waals surface area contributed by atoms with Crippen LogP contribution in [-0.2, 0) is 9.31 Å². The Kier molecular flexibility index (Phi) is 3.98. The fourth-order valence-corrected chi connectivity index (χ4v) is 3.05. The van der Waals surface area contributed by atoms with Crippen LogP contribution in [0.1, 0.15) is 47.0 Å². The lowest BCUT2D eigenvalue weighted by molar-refractivity contribution is 0.00578. The summed E-state index contributed by atoms with van der Waals surface area (Å²) in [6.07, 6.45) is 3.60. The van der Waals surface area contributed by atoms with Gasteiger partial charge in [0.15, 0.2) is 0 Å². The molecule has 0 aromatic heterocycles. The third kappa shape index (κ3) is 2.89. The summed E-state index contributed by atoms with van der Waals surface area (Å²) >= 11 is 0. The quantitative estimate of drug-likeness (QED) is 0.784. The topological polar surface area (TPSA) is 21.7 Å². The van der Waals surface area contributed by atoms with Crippen molar-refractivity contribution in [2.24, 2.45) is 0 Å². The van der Waals surface area contributed by atoms with E-state index in [-0.39, 0.29) is 5.82 Å². The molecule has 2 aliphatic rings. The van der Waals surface area contributed by atoms with Crippen molar-refractivity contribution >= 4 is 18.3 Å². The molecule has 0 radical (unpaired) electrons. The molecule has 5 heteroatoms. The van der Waals surface area contributed by atoms with Gasteiger partial charge in [-0.15, -0.1) is 0 Å². The van der Waals surface area contributed by atoms with Gasteiger partial charge in [-0.3, -0.25) is 0 Å². The van der Waals surface area contributed by atoms with Crippen LogP contribution in [0.3, 0.4) is 0 Å². The number of anilines is 1. The molecule has 0 N–H and O–H groups in total. The Balaban J connectivity index is 1.87. The van der Waals surface area contributed by atoms with E-state index in [0.29, 0.717) is 0 Å². The summed E-state index contributed by atoms with van der Waals surface area (Å²) in [5.74, 6) is -0.229. The monoisotopic (exact) mass is 305 g/mol. The molecule has 1 aromatic carbocycles. The zero-order chi connectivity index (χ0) is 16.0. The Morgan fingerprint density at radius 3 is 2.14 bits per heavy atom. The van der Waals surface area contributed by atoms with E-state index in [1.54, 1.807) is 6.07 Å². The maximum atomic E-state index is 14.1. The molecule has 2 aliphatic heterocycles. The number of halogens is 1. The normalized spacial score (nSPS) is 23.9. The van der Waals surface area contributed by atoms with Gasteiger partial charge in [0.05, 0.1) is 11.2 Å². The number of piperidine rings is 1. The van der Waals surface area contributed by atoms with Crippen LogP contribution in [-0.4, -0.2) is 31.4 Å². The van der Waals surface area contributed by atoms with Crippen LogP contribution in [0.4, 0.5) is 10.1 Å². The average Bonchev–Trinajstić information content (AvgIpc) is 2.68. The molecule has 120 valence electrons. The molecule has 0 bridgehead atoms. The van der Waals surface area contributed by atoms with E-state index in [4.69, 9.17) is 9.31 Å². The molecule has 2 saturated heterocycles. The highest BCUT2D eigenvalue weighted by molar-refractivity contribution is 6.62. The largest absolute Gasteiger partial charge is 0.495 e. The minimum Gasteiger partial charge on any atom is -0.399 e. The number of hydrogen-bond donors (Lipinski definition) is 0. The summed E-state index contributed by atoms with van der Waals surface area (Å²) in [6, 6.07) is 5.15. The lowest BCUT2D eigenvalue weighted by atomic mass is 9.78. The van der Waals surface area contributed by atoms with Gasteiger partial charge in [-0.25, -0.2) is 4.39 Å². The Morgan fingerprint density at radius 2 is 1.55 bits per heavy atom. The second-order valence-electron chi connectivity index (χ2n) is 7.38. The number of nitrogens with zero attached hydrogens (tertiary/aromatic N) is 1. The molecule has 0 amide bonds. The fraction of sp³-hybridized carbons (Fsp3) is 0.647. The van der Waals surface area contributed by atoms with Crippen molar-refractivity contribution in [2.45, 2.75) is 58.2 Å². The Labute approximate surface area is 132 Å². The molecule has 2 heterocycles. The van der Waals surface area contributed by atoms with E-state index in [2.05, 4.69) is 4.90 Å². The molecule has 0 aliphatic carbocycles. The van der Waals surface area contributed by atoms with Gasteiger partial charge >= 0.3 is 7.12 Å². The second-order valence-corrected chi connectivity index (χ2v) is 7.38. The first-order valence-corrected chi connectivity index (χ1v) is 8.20. The molecule has 0 atom stereocenters. The highest BCUT2D eigenvalue weighted by Crippen LogP contribution is 2.36. The zero-order valence-electron chi connectivity index (χ0n) is 14.0. The minimum atomic E-state index is -0.510. The number of hydrogen-bond acceptors (Lipinski definition) is 3. The molecule has 0 spiro atoms. The lowest BCUT2D eigenvalue weighted by Gasteiger charge is -2.32. The Bertz CT molecular complexity index is 540. The summed E-state index contributed by atoms with van der Waals surface area (Å²) in [7, 11) is -0.510. The van der Waals surface area contributed by atoms with Crippen LogP contribution >= 0.6 is 0 Å². The van der Waals surface area contributed by atoms with Gasteiger partial charge in [0.2, 0.25) is 0 Å². The summed E-state index contributed by atoms with van der Waals surface area (Å²) in [5.41, 5.74) is 0.883. The summed E-state index contributed by atoms with van der Waals surface area (Å²) in [4.78, 5) is 2.25. The Hall–Kier alpha value is -1.07. The standard InChI is InChI=1S/C17H25BFNO2/c1-16(2)17(3,4)22-18(21-16)13-10-14(19)12-15(11-13)20-8-6-5-7-9-20/h10-12H,5-9H2,1-4H3. The summed E-state index contributed by atoms with van der Waals surface area (Å²) in [5, 5.41) is 0. The van der Waals surface area contributed by atoms with Crippen molar-refractivity contribution in [2.75, 3.05) is 18.0 Å². The van der Waals surface area contributed by atoms with Gasteiger partial charge in [-0.2, -0.15) is 0 Å². The molecule has 0 saturated carbocycles. The fourth-order valence-electron chi connectivity index (χ4n) is 3.05. The van der Waals surface area contributed by atoms with E-state index in [1.807, 2.05) is 33.8 Å². The maximum absolute atomic E-state index is 14.1. The zero-order valence-corrected chi connectivity index (χ0v) is 14.0. The first-order valence-electron chi connectivity index (χ1n) is 8.20. The minimum absolute atomic E-state index is 0.229. The van der Waals surface area contributed by atoms with Gasteiger partial charge in [0, 0.05) is 18.8 Å². The van der Waals surface area contributed by atoms with Crippen molar-refractivity contribution < 1.29 is 13.7 Å².